The van der Waals surface area contributed by atoms with Crippen LogP contribution in [0.4, 0.5) is 4.79 Å². The van der Waals surface area contributed by atoms with E-state index >= 15 is 0 Å². The Bertz CT molecular complexity index is 227. The summed E-state index contributed by atoms with van der Waals surface area (Å²) in [7, 11) is 0. The Hall–Kier alpha value is -0.770. The van der Waals surface area contributed by atoms with Crippen LogP contribution in [0.5, 0.6) is 0 Å². The third-order valence-corrected chi connectivity index (χ3v) is 2.85. The number of rotatable bonds is 3. The number of aliphatic hydroxyl groups excluding tert-OH is 1. The Kier molecular flexibility index (Phi) is 1.95. The second kappa shape index (κ2) is 2.87. The largest absolute Gasteiger partial charge is 0.447 e. The van der Waals surface area contributed by atoms with Crippen molar-refractivity contribution >= 4 is 6.09 Å². The summed E-state index contributed by atoms with van der Waals surface area (Å²) in [6.45, 7) is 2.51. The number of carbonyl (C=O) groups is 1. The van der Waals surface area contributed by atoms with Crippen molar-refractivity contribution < 1.29 is 14.6 Å². The Balaban J connectivity index is 2.12. The number of aliphatic hydroxyl groups is 1. The number of hydrogen-bond acceptors (Lipinski definition) is 3. The third kappa shape index (κ3) is 1.39. The van der Waals surface area contributed by atoms with Crippen molar-refractivity contribution in [1.29, 1.82) is 0 Å². The Morgan fingerprint density at radius 1 is 1.69 bits per heavy atom. The van der Waals surface area contributed by atoms with E-state index in [1.54, 1.807) is 0 Å². The second-order valence-electron chi connectivity index (χ2n) is 4.13. The van der Waals surface area contributed by atoms with Gasteiger partial charge in [-0.25, -0.2) is 4.79 Å². The zero-order valence-corrected chi connectivity index (χ0v) is 7.82. The zero-order valence-electron chi connectivity index (χ0n) is 7.82. The molecule has 0 bridgehead atoms. The first kappa shape index (κ1) is 8.81. The minimum absolute atomic E-state index is 0.107. The molecule has 1 N–H and O–H groups in total. The van der Waals surface area contributed by atoms with Crippen LogP contribution in [0, 0.1) is 0 Å². The fraction of sp³-hybridized carbons (Fsp3) is 0.889. The molecule has 13 heavy (non-hydrogen) atoms. The van der Waals surface area contributed by atoms with E-state index in [9.17, 15) is 4.79 Å². The highest BCUT2D eigenvalue weighted by atomic mass is 16.6. The lowest BCUT2D eigenvalue weighted by Crippen LogP contribution is -2.46. The summed E-state index contributed by atoms with van der Waals surface area (Å²) in [6, 6.07) is 0.367. The maximum Gasteiger partial charge on any atom is 0.410 e. The van der Waals surface area contributed by atoms with Crippen LogP contribution in [0.2, 0.25) is 0 Å². The summed E-state index contributed by atoms with van der Waals surface area (Å²) in [5.74, 6) is 0. The predicted molar refractivity (Wildman–Crippen MR) is 46.3 cm³/mol. The van der Waals surface area contributed by atoms with Crippen LogP contribution in [-0.4, -0.2) is 40.9 Å². The molecule has 4 nitrogen and oxygen atoms in total. The van der Waals surface area contributed by atoms with Crippen molar-refractivity contribution in [3.05, 3.63) is 0 Å². The lowest BCUT2D eigenvalue weighted by molar-refractivity contribution is 0.131. The van der Waals surface area contributed by atoms with Crippen LogP contribution in [0.25, 0.3) is 0 Å². The topological polar surface area (TPSA) is 49.8 Å². The number of cyclic esters (lactones) is 1. The van der Waals surface area contributed by atoms with E-state index in [1.807, 2.05) is 11.8 Å². The molecule has 0 radical (unpaired) electrons. The summed E-state index contributed by atoms with van der Waals surface area (Å²) in [5.41, 5.74) is -0.271. The SMILES string of the molecule is CC1(CCO)COC(=O)N1C1CC1. The summed E-state index contributed by atoms with van der Waals surface area (Å²) >= 11 is 0. The fourth-order valence-corrected chi connectivity index (χ4v) is 1.93. The number of ether oxygens (including phenoxy) is 1. The summed E-state index contributed by atoms with van der Waals surface area (Å²) < 4.78 is 5.01. The molecule has 1 aliphatic carbocycles. The molecule has 0 spiro atoms. The van der Waals surface area contributed by atoms with Crippen molar-refractivity contribution in [2.24, 2.45) is 0 Å². The number of nitrogens with zero attached hydrogens (tertiary/aromatic N) is 1. The molecule has 74 valence electrons. The van der Waals surface area contributed by atoms with Crippen molar-refractivity contribution in [3.8, 4) is 0 Å². The van der Waals surface area contributed by atoms with E-state index < -0.39 is 0 Å². The van der Waals surface area contributed by atoms with Gasteiger partial charge in [0.2, 0.25) is 0 Å². The Morgan fingerprint density at radius 2 is 2.38 bits per heavy atom. The molecule has 0 aromatic carbocycles. The van der Waals surface area contributed by atoms with Crippen LogP contribution < -0.4 is 0 Å². The van der Waals surface area contributed by atoms with Gasteiger partial charge in [-0.2, -0.15) is 0 Å². The van der Waals surface area contributed by atoms with Crippen molar-refractivity contribution in [2.45, 2.75) is 37.8 Å². The van der Waals surface area contributed by atoms with Crippen LogP contribution in [0.1, 0.15) is 26.2 Å². The Morgan fingerprint density at radius 3 is 2.92 bits per heavy atom. The number of carbonyl (C=O) groups excluding carboxylic acids is 1. The predicted octanol–water partition coefficient (Wildman–Crippen LogP) is 0.742. The molecule has 1 saturated heterocycles. The van der Waals surface area contributed by atoms with E-state index in [4.69, 9.17) is 9.84 Å². The molecule has 2 fully saturated rings. The first-order valence-electron chi connectivity index (χ1n) is 4.74. The van der Waals surface area contributed by atoms with E-state index in [2.05, 4.69) is 0 Å². The van der Waals surface area contributed by atoms with Crippen LogP contribution in [0.3, 0.4) is 0 Å². The Labute approximate surface area is 77.5 Å². The molecule has 1 aliphatic heterocycles. The average Bonchev–Trinajstić information content (AvgIpc) is 2.82. The van der Waals surface area contributed by atoms with E-state index in [1.165, 1.54) is 0 Å². The molecular formula is C9H15NO3. The molecular weight excluding hydrogens is 170 g/mol. The summed E-state index contributed by atoms with van der Waals surface area (Å²) in [4.78, 5) is 13.2. The summed E-state index contributed by atoms with van der Waals surface area (Å²) in [6.07, 6.45) is 2.56. The van der Waals surface area contributed by atoms with Crippen LogP contribution >= 0.6 is 0 Å². The number of amides is 1. The van der Waals surface area contributed by atoms with Gasteiger partial charge in [-0.3, -0.25) is 4.90 Å². The van der Waals surface area contributed by atoms with E-state index in [-0.39, 0.29) is 18.2 Å². The van der Waals surface area contributed by atoms with E-state index in [0.717, 1.165) is 12.8 Å². The standard InChI is InChI=1S/C9H15NO3/c1-9(4-5-11)6-13-8(12)10(9)7-2-3-7/h7,11H,2-6H2,1H3. The highest BCUT2D eigenvalue weighted by Gasteiger charge is 2.49. The monoisotopic (exact) mass is 185 g/mol. The van der Waals surface area contributed by atoms with Gasteiger partial charge < -0.3 is 9.84 Å². The first-order valence-corrected chi connectivity index (χ1v) is 4.74. The molecule has 2 aliphatic rings. The molecule has 0 aromatic heterocycles. The molecule has 1 amide bonds. The molecule has 1 saturated carbocycles. The highest BCUT2D eigenvalue weighted by Crippen LogP contribution is 2.38. The highest BCUT2D eigenvalue weighted by molar-refractivity contribution is 5.72. The third-order valence-electron chi connectivity index (χ3n) is 2.85. The normalized spacial score (nSPS) is 33.7. The van der Waals surface area contributed by atoms with Gasteiger partial charge in [-0.05, 0) is 26.2 Å². The van der Waals surface area contributed by atoms with E-state index in [0.29, 0.717) is 19.1 Å². The minimum atomic E-state index is -0.271. The van der Waals surface area contributed by atoms with Gasteiger partial charge in [0.1, 0.15) is 6.61 Å². The maximum absolute atomic E-state index is 11.4. The molecule has 1 heterocycles. The van der Waals surface area contributed by atoms with Crippen LogP contribution in [-0.2, 0) is 4.74 Å². The molecule has 1 atom stereocenters. The molecule has 1 unspecified atom stereocenters. The molecule has 0 aromatic rings. The quantitative estimate of drug-likeness (QED) is 0.705. The van der Waals surface area contributed by atoms with Crippen molar-refractivity contribution in [3.63, 3.8) is 0 Å². The van der Waals surface area contributed by atoms with Crippen molar-refractivity contribution in [2.75, 3.05) is 13.2 Å². The zero-order chi connectivity index (χ0) is 9.47. The van der Waals surface area contributed by atoms with Gasteiger partial charge >= 0.3 is 6.09 Å². The average molecular weight is 185 g/mol. The number of hydrogen-bond donors (Lipinski definition) is 1. The van der Waals surface area contributed by atoms with Gasteiger partial charge in [0.05, 0.1) is 5.54 Å². The second-order valence-corrected chi connectivity index (χ2v) is 4.13. The van der Waals surface area contributed by atoms with Gasteiger partial charge in [-0.15, -0.1) is 0 Å². The minimum Gasteiger partial charge on any atom is -0.447 e. The molecule has 4 heteroatoms. The van der Waals surface area contributed by atoms with Crippen LogP contribution in [0.15, 0.2) is 0 Å². The van der Waals surface area contributed by atoms with Gasteiger partial charge in [0.15, 0.2) is 0 Å². The molecule has 2 rings (SSSR count). The van der Waals surface area contributed by atoms with Gasteiger partial charge in [0, 0.05) is 12.6 Å². The smallest absolute Gasteiger partial charge is 0.410 e. The van der Waals surface area contributed by atoms with Gasteiger partial charge in [0.25, 0.3) is 0 Å². The lowest BCUT2D eigenvalue weighted by atomic mass is 9.98. The first-order chi connectivity index (χ1) is 6.17. The maximum atomic E-state index is 11.4. The fourth-order valence-electron chi connectivity index (χ4n) is 1.93. The lowest BCUT2D eigenvalue weighted by Gasteiger charge is -2.31. The van der Waals surface area contributed by atoms with Gasteiger partial charge in [-0.1, -0.05) is 0 Å². The summed E-state index contributed by atoms with van der Waals surface area (Å²) in [5, 5.41) is 8.90. The van der Waals surface area contributed by atoms with Crippen molar-refractivity contribution in [1.82, 2.24) is 4.90 Å².